The third kappa shape index (κ3) is 4.63. The first-order valence-electron chi connectivity index (χ1n) is 7.44. The molecule has 1 N–H and O–H groups in total. The van der Waals surface area contributed by atoms with E-state index in [1.807, 2.05) is 7.05 Å². The van der Waals surface area contributed by atoms with E-state index in [2.05, 4.69) is 4.90 Å². The molecule has 0 unspecified atom stereocenters. The number of nitrogens with zero attached hydrogens (tertiary/aromatic N) is 1. The predicted molar refractivity (Wildman–Crippen MR) is 76.0 cm³/mol. The van der Waals surface area contributed by atoms with Crippen molar-refractivity contribution in [2.24, 2.45) is 5.92 Å². The fourth-order valence-electron chi connectivity index (χ4n) is 3.10. The Balaban J connectivity index is 1.98. The van der Waals surface area contributed by atoms with Crippen molar-refractivity contribution < 1.29 is 18.3 Å². The van der Waals surface area contributed by atoms with E-state index in [1.54, 1.807) is 6.07 Å². The zero-order valence-electron chi connectivity index (χ0n) is 12.3. The van der Waals surface area contributed by atoms with Gasteiger partial charge in [-0.05, 0) is 43.5 Å². The predicted octanol–water partition coefficient (Wildman–Crippen LogP) is 4.42. The molecule has 0 saturated heterocycles. The van der Waals surface area contributed by atoms with Crippen molar-refractivity contribution in [2.75, 3.05) is 13.6 Å². The molecule has 1 aliphatic carbocycles. The normalized spacial score (nSPS) is 17.4. The molecule has 0 spiro atoms. The summed E-state index contributed by atoms with van der Waals surface area (Å²) >= 11 is 0. The maximum atomic E-state index is 12.8. The maximum absolute atomic E-state index is 12.8. The van der Waals surface area contributed by atoms with Crippen molar-refractivity contribution >= 4 is 0 Å². The molecule has 0 aromatic heterocycles. The van der Waals surface area contributed by atoms with Crippen LogP contribution in [0.1, 0.15) is 43.2 Å². The summed E-state index contributed by atoms with van der Waals surface area (Å²) in [5.41, 5.74) is -0.371. The van der Waals surface area contributed by atoms with Crippen LogP contribution in [0.2, 0.25) is 0 Å². The van der Waals surface area contributed by atoms with Gasteiger partial charge in [-0.25, -0.2) is 0 Å². The molecule has 1 saturated carbocycles. The van der Waals surface area contributed by atoms with Crippen LogP contribution in [-0.4, -0.2) is 23.6 Å². The largest absolute Gasteiger partial charge is 0.507 e. The zero-order valence-corrected chi connectivity index (χ0v) is 12.3. The number of halogens is 3. The highest BCUT2D eigenvalue weighted by molar-refractivity contribution is 5.38. The molecule has 1 aromatic carbocycles. The Kier molecular flexibility index (Phi) is 5.14. The minimum atomic E-state index is -4.51. The van der Waals surface area contributed by atoms with Crippen LogP contribution in [0.3, 0.4) is 0 Å². The molecule has 0 heterocycles. The second-order valence-corrected chi connectivity index (χ2v) is 6.05. The Morgan fingerprint density at radius 3 is 2.48 bits per heavy atom. The van der Waals surface area contributed by atoms with Crippen LogP contribution in [0, 0.1) is 5.92 Å². The zero-order chi connectivity index (χ0) is 15.5. The first kappa shape index (κ1) is 16.1. The molecular formula is C16H22F3NO. The van der Waals surface area contributed by atoms with E-state index in [4.69, 9.17) is 0 Å². The molecule has 2 nitrogen and oxygen atoms in total. The first-order chi connectivity index (χ1) is 9.86. The molecule has 2 rings (SSSR count). The van der Waals surface area contributed by atoms with Gasteiger partial charge in [0.1, 0.15) is 5.75 Å². The van der Waals surface area contributed by atoms with Gasteiger partial charge in [-0.3, -0.25) is 0 Å². The summed E-state index contributed by atoms with van der Waals surface area (Å²) in [6.07, 6.45) is 1.74. The maximum Gasteiger partial charge on any atom is 0.419 e. The minimum Gasteiger partial charge on any atom is -0.507 e. The summed E-state index contributed by atoms with van der Waals surface area (Å²) < 4.78 is 38.3. The standard InChI is InChI=1S/C16H22F3NO/c1-20(10-12-5-3-2-4-6-12)11-13-7-8-15(21)14(9-13)16(17,18)19/h7-9,12,21H,2-6,10-11H2,1H3. The van der Waals surface area contributed by atoms with Gasteiger partial charge in [-0.2, -0.15) is 13.2 Å². The molecule has 0 bridgehead atoms. The lowest BCUT2D eigenvalue weighted by Crippen LogP contribution is -2.26. The molecule has 0 aliphatic heterocycles. The fourth-order valence-corrected chi connectivity index (χ4v) is 3.10. The fraction of sp³-hybridized carbons (Fsp3) is 0.625. The van der Waals surface area contributed by atoms with Gasteiger partial charge < -0.3 is 10.0 Å². The molecule has 1 aliphatic rings. The van der Waals surface area contributed by atoms with Crippen molar-refractivity contribution in [3.05, 3.63) is 29.3 Å². The number of phenols is 1. The lowest BCUT2D eigenvalue weighted by Gasteiger charge is -2.27. The number of benzene rings is 1. The Morgan fingerprint density at radius 1 is 1.19 bits per heavy atom. The van der Waals surface area contributed by atoms with Crippen LogP contribution in [0.5, 0.6) is 5.75 Å². The van der Waals surface area contributed by atoms with Crippen LogP contribution < -0.4 is 0 Å². The average Bonchev–Trinajstić information content (AvgIpc) is 2.41. The molecule has 118 valence electrons. The summed E-state index contributed by atoms with van der Waals surface area (Å²) in [5, 5.41) is 9.33. The topological polar surface area (TPSA) is 23.5 Å². The molecular weight excluding hydrogens is 279 g/mol. The van der Waals surface area contributed by atoms with E-state index in [-0.39, 0.29) is 0 Å². The van der Waals surface area contributed by atoms with Gasteiger partial charge >= 0.3 is 6.18 Å². The van der Waals surface area contributed by atoms with Gasteiger partial charge in [0.2, 0.25) is 0 Å². The monoisotopic (exact) mass is 301 g/mol. The second kappa shape index (κ2) is 6.69. The Labute approximate surface area is 123 Å². The van der Waals surface area contributed by atoms with Gasteiger partial charge in [0.25, 0.3) is 0 Å². The van der Waals surface area contributed by atoms with Crippen molar-refractivity contribution in [2.45, 2.75) is 44.8 Å². The quantitative estimate of drug-likeness (QED) is 0.889. The van der Waals surface area contributed by atoms with Crippen LogP contribution in [0.15, 0.2) is 18.2 Å². The number of rotatable bonds is 4. The number of alkyl halides is 3. The Bertz CT molecular complexity index is 467. The van der Waals surface area contributed by atoms with E-state index in [1.165, 1.54) is 32.1 Å². The summed E-state index contributed by atoms with van der Waals surface area (Å²) in [6, 6.07) is 3.74. The van der Waals surface area contributed by atoms with Crippen molar-refractivity contribution in [3.8, 4) is 5.75 Å². The van der Waals surface area contributed by atoms with Crippen molar-refractivity contribution in [1.82, 2.24) is 4.90 Å². The van der Waals surface area contributed by atoms with Gasteiger partial charge in [-0.1, -0.05) is 25.3 Å². The van der Waals surface area contributed by atoms with E-state index < -0.39 is 17.5 Å². The minimum absolute atomic E-state index is 0.472. The molecule has 21 heavy (non-hydrogen) atoms. The Morgan fingerprint density at radius 2 is 1.86 bits per heavy atom. The van der Waals surface area contributed by atoms with Crippen molar-refractivity contribution in [1.29, 1.82) is 0 Å². The third-order valence-electron chi connectivity index (χ3n) is 4.11. The van der Waals surface area contributed by atoms with Crippen LogP contribution in [0.4, 0.5) is 13.2 Å². The molecule has 1 aromatic rings. The van der Waals surface area contributed by atoms with Gasteiger partial charge in [0, 0.05) is 13.1 Å². The van der Waals surface area contributed by atoms with Gasteiger partial charge in [-0.15, -0.1) is 0 Å². The third-order valence-corrected chi connectivity index (χ3v) is 4.11. The van der Waals surface area contributed by atoms with E-state index >= 15 is 0 Å². The molecule has 5 heteroatoms. The smallest absolute Gasteiger partial charge is 0.419 e. The van der Waals surface area contributed by atoms with E-state index in [0.717, 1.165) is 18.7 Å². The highest BCUT2D eigenvalue weighted by Gasteiger charge is 2.34. The highest BCUT2D eigenvalue weighted by atomic mass is 19.4. The van der Waals surface area contributed by atoms with E-state index in [9.17, 15) is 18.3 Å². The van der Waals surface area contributed by atoms with Gasteiger partial charge in [0.05, 0.1) is 5.56 Å². The van der Waals surface area contributed by atoms with Gasteiger partial charge in [0.15, 0.2) is 0 Å². The second-order valence-electron chi connectivity index (χ2n) is 6.05. The summed E-state index contributed by atoms with van der Waals surface area (Å²) in [4.78, 5) is 2.07. The lowest BCUT2D eigenvalue weighted by atomic mass is 9.89. The number of hydrogen-bond donors (Lipinski definition) is 1. The number of aromatic hydroxyl groups is 1. The van der Waals surface area contributed by atoms with Crippen LogP contribution >= 0.6 is 0 Å². The van der Waals surface area contributed by atoms with Crippen molar-refractivity contribution in [3.63, 3.8) is 0 Å². The number of phenolic OH excluding ortho intramolecular Hbond substituents is 1. The first-order valence-corrected chi connectivity index (χ1v) is 7.44. The average molecular weight is 301 g/mol. The summed E-state index contributed by atoms with van der Waals surface area (Å²) in [6.45, 7) is 1.39. The molecule has 0 atom stereocenters. The highest BCUT2D eigenvalue weighted by Crippen LogP contribution is 2.36. The molecule has 0 radical (unpaired) electrons. The Hall–Kier alpha value is -1.23. The number of hydrogen-bond acceptors (Lipinski definition) is 2. The van der Waals surface area contributed by atoms with Crippen LogP contribution in [0.25, 0.3) is 0 Å². The SMILES string of the molecule is CN(Cc1ccc(O)c(C(F)(F)F)c1)CC1CCCCC1. The molecule has 0 amide bonds. The van der Waals surface area contributed by atoms with E-state index in [0.29, 0.717) is 18.0 Å². The van der Waals surface area contributed by atoms with Crippen LogP contribution in [-0.2, 0) is 12.7 Å². The summed E-state index contributed by atoms with van der Waals surface area (Å²) in [7, 11) is 1.94. The summed E-state index contributed by atoms with van der Waals surface area (Å²) in [5.74, 6) is -0.0517. The molecule has 1 fully saturated rings. The lowest BCUT2D eigenvalue weighted by molar-refractivity contribution is -0.138.